The van der Waals surface area contributed by atoms with E-state index in [4.69, 9.17) is 20.5 Å². The van der Waals surface area contributed by atoms with Crippen molar-refractivity contribution < 1.29 is 9.31 Å². The molecule has 1 fully saturated rings. The summed E-state index contributed by atoms with van der Waals surface area (Å²) in [4.78, 5) is 0. The summed E-state index contributed by atoms with van der Waals surface area (Å²) < 4.78 is 11.4. The summed E-state index contributed by atoms with van der Waals surface area (Å²) in [5, 5.41) is 7.15. The minimum atomic E-state index is -0.525. The highest BCUT2D eigenvalue weighted by Gasteiger charge is 2.52. The van der Waals surface area contributed by atoms with Crippen molar-refractivity contribution in [3.8, 4) is 0 Å². The third-order valence-corrected chi connectivity index (χ3v) is 2.88. The Morgan fingerprint density at radius 1 is 1.21 bits per heavy atom. The van der Waals surface area contributed by atoms with Crippen molar-refractivity contribution in [3.05, 3.63) is 11.7 Å². The highest BCUT2D eigenvalue weighted by atomic mass is 16.7. The Labute approximate surface area is 85.1 Å². The van der Waals surface area contributed by atoms with Gasteiger partial charge in [-0.1, -0.05) is 0 Å². The lowest BCUT2D eigenvalue weighted by Crippen LogP contribution is -2.41. The number of hydrogen-bond acceptors (Lipinski definition) is 4. The number of hydrogen-bond donors (Lipinski definition) is 2. The van der Waals surface area contributed by atoms with Gasteiger partial charge in [-0.05, 0) is 33.9 Å². The van der Waals surface area contributed by atoms with Crippen LogP contribution in [-0.4, -0.2) is 24.5 Å². The van der Waals surface area contributed by atoms with Gasteiger partial charge in [0.05, 0.1) is 11.2 Å². The summed E-state index contributed by atoms with van der Waals surface area (Å²) in [7, 11) is -0.525. The first-order chi connectivity index (χ1) is 6.34. The summed E-state index contributed by atoms with van der Waals surface area (Å²) in [5.41, 5.74) is 5.15. The number of nitrogens with one attached hydrogen (secondary N) is 1. The molecule has 1 heterocycles. The first kappa shape index (κ1) is 11.3. The molecule has 0 amide bonds. The van der Waals surface area contributed by atoms with Crippen molar-refractivity contribution in [1.29, 1.82) is 5.41 Å². The first-order valence-electron chi connectivity index (χ1n) is 4.62. The molecule has 0 aromatic heterocycles. The maximum Gasteiger partial charge on any atom is 0.497 e. The zero-order chi connectivity index (χ0) is 11.0. The third-order valence-electron chi connectivity index (χ3n) is 2.88. The third kappa shape index (κ3) is 1.70. The van der Waals surface area contributed by atoms with Crippen molar-refractivity contribution in [1.82, 2.24) is 0 Å². The maximum atomic E-state index is 7.15. The van der Waals surface area contributed by atoms with Gasteiger partial charge in [0.15, 0.2) is 0 Å². The molecule has 0 saturated carbocycles. The Kier molecular flexibility index (Phi) is 2.74. The normalized spacial score (nSPS) is 25.1. The molecule has 0 aliphatic carbocycles. The first-order valence-corrected chi connectivity index (χ1v) is 4.62. The van der Waals surface area contributed by atoms with E-state index in [0.717, 1.165) is 6.21 Å². The number of allylic oxidation sites excluding steroid dienone is 1. The van der Waals surface area contributed by atoms with Crippen molar-refractivity contribution in [2.75, 3.05) is 0 Å². The largest absolute Gasteiger partial charge is 0.497 e. The van der Waals surface area contributed by atoms with Crippen LogP contribution in [0.15, 0.2) is 11.7 Å². The Balaban J connectivity index is 2.88. The van der Waals surface area contributed by atoms with E-state index in [9.17, 15) is 0 Å². The van der Waals surface area contributed by atoms with Gasteiger partial charge in [0.2, 0.25) is 0 Å². The van der Waals surface area contributed by atoms with Gasteiger partial charge in [0, 0.05) is 11.7 Å². The van der Waals surface area contributed by atoms with E-state index in [2.05, 4.69) is 0 Å². The summed E-state index contributed by atoms with van der Waals surface area (Å²) in [5.74, 6) is 0. The molecule has 78 valence electrons. The Morgan fingerprint density at radius 3 is 1.93 bits per heavy atom. The lowest BCUT2D eigenvalue weighted by Gasteiger charge is -2.32. The van der Waals surface area contributed by atoms with Gasteiger partial charge in [-0.2, -0.15) is 0 Å². The summed E-state index contributed by atoms with van der Waals surface area (Å²) in [6.07, 6.45) is 2.50. The molecule has 5 heteroatoms. The van der Waals surface area contributed by atoms with Crippen LogP contribution in [0.25, 0.3) is 0 Å². The SMILES string of the molecule is CC1(C)OB(C(C=N)=CN)OC1(C)C. The smallest absolute Gasteiger partial charge is 0.405 e. The molecule has 0 bridgehead atoms. The fourth-order valence-electron chi connectivity index (χ4n) is 1.17. The standard InChI is InChI=1S/C9H17BN2O2/c1-8(2)9(3,4)14-10(13-8)7(5-11)6-12/h5-6,11H,12H2,1-4H3. The van der Waals surface area contributed by atoms with Crippen molar-refractivity contribution in [3.63, 3.8) is 0 Å². The fraction of sp³-hybridized carbons (Fsp3) is 0.667. The minimum absolute atomic E-state index is 0.380. The average molecular weight is 196 g/mol. The van der Waals surface area contributed by atoms with Gasteiger partial charge in [-0.15, -0.1) is 0 Å². The van der Waals surface area contributed by atoms with Crippen LogP contribution >= 0.6 is 0 Å². The molecular formula is C9H17BN2O2. The van der Waals surface area contributed by atoms with E-state index in [1.807, 2.05) is 27.7 Å². The molecular weight excluding hydrogens is 179 g/mol. The maximum absolute atomic E-state index is 7.15. The van der Waals surface area contributed by atoms with Crippen LogP contribution in [0.5, 0.6) is 0 Å². The van der Waals surface area contributed by atoms with Crippen LogP contribution in [0, 0.1) is 5.41 Å². The Bertz CT molecular complexity index is 258. The molecule has 0 radical (unpaired) electrons. The zero-order valence-electron chi connectivity index (χ0n) is 9.13. The van der Waals surface area contributed by atoms with E-state index in [-0.39, 0.29) is 11.2 Å². The second-order valence-corrected chi connectivity index (χ2v) is 4.40. The molecule has 1 rings (SSSR count). The molecule has 3 N–H and O–H groups in total. The Hall–Kier alpha value is -0.805. The minimum Gasteiger partial charge on any atom is -0.405 e. The van der Waals surface area contributed by atoms with E-state index < -0.39 is 7.12 Å². The second kappa shape index (κ2) is 3.40. The number of rotatable bonds is 2. The molecule has 0 unspecified atom stereocenters. The molecule has 0 spiro atoms. The van der Waals surface area contributed by atoms with Gasteiger partial charge in [0.25, 0.3) is 0 Å². The summed E-state index contributed by atoms with van der Waals surface area (Å²) in [6, 6.07) is 0. The van der Waals surface area contributed by atoms with Crippen LogP contribution in [0.3, 0.4) is 0 Å². The highest BCUT2D eigenvalue weighted by Crippen LogP contribution is 2.37. The molecule has 4 nitrogen and oxygen atoms in total. The van der Waals surface area contributed by atoms with Crippen LogP contribution < -0.4 is 5.73 Å². The monoisotopic (exact) mass is 196 g/mol. The van der Waals surface area contributed by atoms with Crippen molar-refractivity contribution in [2.24, 2.45) is 5.73 Å². The zero-order valence-corrected chi connectivity index (χ0v) is 9.13. The predicted molar refractivity (Wildman–Crippen MR) is 57.1 cm³/mol. The number of nitrogens with two attached hydrogens (primary N) is 1. The van der Waals surface area contributed by atoms with Gasteiger partial charge in [-0.3, -0.25) is 0 Å². The van der Waals surface area contributed by atoms with E-state index in [1.165, 1.54) is 6.20 Å². The molecule has 1 aliphatic rings. The van der Waals surface area contributed by atoms with E-state index >= 15 is 0 Å². The highest BCUT2D eigenvalue weighted by molar-refractivity contribution is 6.60. The molecule has 14 heavy (non-hydrogen) atoms. The van der Waals surface area contributed by atoms with Gasteiger partial charge >= 0.3 is 7.12 Å². The van der Waals surface area contributed by atoms with Crippen LogP contribution in [-0.2, 0) is 9.31 Å². The van der Waals surface area contributed by atoms with E-state index in [0.29, 0.717) is 5.47 Å². The van der Waals surface area contributed by atoms with Crippen molar-refractivity contribution >= 4 is 13.3 Å². The predicted octanol–water partition coefficient (Wildman–Crippen LogP) is 1.11. The van der Waals surface area contributed by atoms with Gasteiger partial charge in [0.1, 0.15) is 0 Å². The lowest BCUT2D eigenvalue weighted by molar-refractivity contribution is 0.00578. The molecule has 0 atom stereocenters. The van der Waals surface area contributed by atoms with Crippen molar-refractivity contribution in [2.45, 2.75) is 38.9 Å². The average Bonchev–Trinajstić information content (AvgIpc) is 2.23. The fourth-order valence-corrected chi connectivity index (χ4v) is 1.17. The van der Waals surface area contributed by atoms with Gasteiger partial charge < -0.3 is 20.5 Å². The van der Waals surface area contributed by atoms with Crippen LogP contribution in [0.2, 0.25) is 0 Å². The lowest BCUT2D eigenvalue weighted by atomic mass is 9.79. The van der Waals surface area contributed by atoms with Crippen LogP contribution in [0.1, 0.15) is 27.7 Å². The van der Waals surface area contributed by atoms with E-state index in [1.54, 1.807) is 0 Å². The summed E-state index contributed by atoms with van der Waals surface area (Å²) >= 11 is 0. The second-order valence-electron chi connectivity index (χ2n) is 4.40. The molecule has 1 aliphatic heterocycles. The molecule has 0 aromatic carbocycles. The molecule has 1 saturated heterocycles. The quantitative estimate of drug-likeness (QED) is 0.513. The summed E-state index contributed by atoms with van der Waals surface area (Å²) in [6.45, 7) is 7.85. The topological polar surface area (TPSA) is 68.3 Å². The van der Waals surface area contributed by atoms with Gasteiger partial charge in [-0.25, -0.2) is 0 Å². The molecule has 0 aromatic rings. The Morgan fingerprint density at radius 2 is 1.64 bits per heavy atom. The van der Waals surface area contributed by atoms with Crippen LogP contribution in [0.4, 0.5) is 0 Å².